The molecule has 6 nitrogen and oxygen atoms in total. The zero-order valence-corrected chi connectivity index (χ0v) is 19.9. The fraction of sp³-hybridized carbons (Fsp3) is 0.348. The van der Waals surface area contributed by atoms with Gasteiger partial charge in [-0.1, -0.05) is 17.3 Å². The molecule has 0 fully saturated rings. The summed E-state index contributed by atoms with van der Waals surface area (Å²) in [6.45, 7) is -2.49. The molecule has 1 heterocycles. The van der Waals surface area contributed by atoms with Crippen LogP contribution in [0.4, 0.5) is 52.7 Å². The van der Waals surface area contributed by atoms with Crippen molar-refractivity contribution >= 4 is 17.5 Å². The van der Waals surface area contributed by atoms with E-state index in [0.717, 1.165) is 24.3 Å². The van der Waals surface area contributed by atoms with E-state index in [1.165, 1.54) is 5.32 Å². The second-order valence-electron chi connectivity index (χ2n) is 8.58. The van der Waals surface area contributed by atoms with E-state index in [-0.39, 0.29) is 29.3 Å². The molecule has 0 spiro atoms. The first-order valence-electron chi connectivity index (χ1n) is 11.0. The second-order valence-corrected chi connectivity index (χ2v) is 8.58. The zero-order chi connectivity index (χ0) is 31.0. The Labute approximate surface area is 221 Å². The number of carbonyl (C=O) groups is 2. The Kier molecular flexibility index (Phi) is 8.29. The van der Waals surface area contributed by atoms with Gasteiger partial charge in [-0.15, -0.1) is 0 Å². The van der Waals surface area contributed by atoms with Gasteiger partial charge in [0, 0.05) is 17.5 Å². The third kappa shape index (κ3) is 7.40. The summed E-state index contributed by atoms with van der Waals surface area (Å²) in [5, 5.41) is 6.76. The maximum absolute atomic E-state index is 14.2. The Morgan fingerprint density at radius 1 is 0.805 bits per heavy atom. The Balaban J connectivity index is 1.83. The van der Waals surface area contributed by atoms with E-state index >= 15 is 0 Å². The summed E-state index contributed by atoms with van der Waals surface area (Å²) in [5.74, 6) is -2.13. The molecule has 0 saturated carbocycles. The molecule has 3 rings (SSSR count). The zero-order valence-electron chi connectivity index (χ0n) is 19.9. The molecule has 1 aliphatic heterocycles. The molecule has 41 heavy (non-hydrogen) atoms. The molecule has 224 valence electrons. The van der Waals surface area contributed by atoms with Gasteiger partial charge in [0.2, 0.25) is 5.91 Å². The number of benzene rings is 2. The summed E-state index contributed by atoms with van der Waals surface area (Å²) in [6, 6.07) is 3.52. The topological polar surface area (TPSA) is 79.8 Å². The van der Waals surface area contributed by atoms with Gasteiger partial charge < -0.3 is 15.5 Å². The van der Waals surface area contributed by atoms with Crippen LogP contribution in [0, 0.1) is 0 Å². The largest absolute Gasteiger partial charge is 0.435 e. The second kappa shape index (κ2) is 10.8. The Morgan fingerprint density at radius 2 is 1.34 bits per heavy atom. The predicted molar refractivity (Wildman–Crippen MR) is 114 cm³/mol. The molecule has 2 aromatic carbocycles. The van der Waals surface area contributed by atoms with Crippen LogP contribution < -0.4 is 10.6 Å². The van der Waals surface area contributed by atoms with Crippen molar-refractivity contribution in [2.75, 3.05) is 13.1 Å². The van der Waals surface area contributed by atoms with Crippen molar-refractivity contribution in [3.05, 3.63) is 70.3 Å². The predicted octanol–water partition coefficient (Wildman–Crippen LogP) is 5.71. The summed E-state index contributed by atoms with van der Waals surface area (Å²) < 4.78 is 158. The monoisotopic (exact) mass is 609 g/mol. The molecule has 1 aliphatic rings. The van der Waals surface area contributed by atoms with Crippen molar-refractivity contribution < 1.29 is 67.1 Å². The number of halogens is 12. The average Bonchev–Trinajstić information content (AvgIpc) is 3.31. The average molecular weight is 609 g/mol. The number of alkyl halides is 12. The molecule has 2 N–H and O–H groups in total. The van der Waals surface area contributed by atoms with Gasteiger partial charge >= 0.3 is 24.7 Å². The van der Waals surface area contributed by atoms with Gasteiger partial charge in [0.05, 0.1) is 23.4 Å². The minimum atomic E-state index is -5.54. The molecular weight excluding hydrogens is 594 g/mol. The van der Waals surface area contributed by atoms with Gasteiger partial charge in [-0.05, 0) is 35.9 Å². The van der Waals surface area contributed by atoms with E-state index in [2.05, 4.69) is 9.99 Å². The Morgan fingerprint density at radius 3 is 1.80 bits per heavy atom. The van der Waals surface area contributed by atoms with E-state index in [9.17, 15) is 62.3 Å². The number of carbonyl (C=O) groups excluding carboxylic acids is 2. The van der Waals surface area contributed by atoms with Crippen LogP contribution in [0.25, 0.3) is 0 Å². The van der Waals surface area contributed by atoms with Crippen LogP contribution in [0.1, 0.15) is 39.0 Å². The smallest absolute Gasteiger partial charge is 0.374 e. The van der Waals surface area contributed by atoms with E-state index < -0.39 is 84.0 Å². The van der Waals surface area contributed by atoms with E-state index in [0.29, 0.717) is 0 Å². The van der Waals surface area contributed by atoms with Crippen molar-refractivity contribution in [2.24, 2.45) is 5.16 Å². The molecule has 1 unspecified atom stereocenters. The lowest BCUT2D eigenvalue weighted by molar-refractivity contribution is -0.276. The first-order valence-corrected chi connectivity index (χ1v) is 11.0. The third-order valence-electron chi connectivity index (χ3n) is 5.62. The van der Waals surface area contributed by atoms with Crippen LogP contribution in [0.3, 0.4) is 0 Å². The number of nitrogens with one attached hydrogen (secondary N) is 2. The minimum absolute atomic E-state index is 0.112. The van der Waals surface area contributed by atoms with Crippen LogP contribution in [-0.2, 0) is 27.6 Å². The van der Waals surface area contributed by atoms with Gasteiger partial charge in [-0.2, -0.15) is 52.7 Å². The number of rotatable bonds is 6. The van der Waals surface area contributed by atoms with Gasteiger partial charge in [0.25, 0.3) is 11.5 Å². The van der Waals surface area contributed by atoms with Crippen LogP contribution >= 0.6 is 0 Å². The van der Waals surface area contributed by atoms with Crippen LogP contribution in [0.2, 0.25) is 0 Å². The lowest BCUT2D eigenvalue weighted by Crippen LogP contribution is -2.43. The quantitative estimate of drug-likeness (QED) is 0.412. The lowest BCUT2D eigenvalue weighted by Gasteiger charge is -2.30. The Bertz CT molecular complexity index is 1300. The number of amides is 2. The SMILES string of the molecule is O=C(CNC(=O)c1ccc(C2=NOC(c3cc(C(F)(F)F)cc(C(F)(F)F)c3)(C(F)(F)F)C2)cc1)NCC(F)(F)F. The summed E-state index contributed by atoms with van der Waals surface area (Å²) in [5.41, 5.74) is -10.1. The van der Waals surface area contributed by atoms with Crippen molar-refractivity contribution in [3.8, 4) is 0 Å². The summed E-state index contributed by atoms with van der Waals surface area (Å²) in [6.07, 6.45) is -22.4. The van der Waals surface area contributed by atoms with E-state index in [4.69, 9.17) is 0 Å². The number of hydrogen-bond donors (Lipinski definition) is 2. The molecule has 18 heteroatoms. The van der Waals surface area contributed by atoms with Crippen molar-refractivity contribution in [1.29, 1.82) is 0 Å². The van der Waals surface area contributed by atoms with E-state index in [1.807, 2.05) is 5.32 Å². The highest BCUT2D eigenvalue weighted by Crippen LogP contribution is 2.50. The first kappa shape index (κ1) is 31.5. The standard InChI is InChI=1S/C23H15F12N3O3/c24-20(25,26)10-37-17(39)9-36-18(40)12-3-1-11(2-4-12)16-8-19(41-38-16,23(33,34)35)13-5-14(21(27,28)29)7-15(6-13)22(30,31)32/h1-7H,8-10H2,(H,36,40)(H,37,39). The summed E-state index contributed by atoms with van der Waals surface area (Å²) in [7, 11) is 0. The minimum Gasteiger partial charge on any atom is -0.374 e. The van der Waals surface area contributed by atoms with Gasteiger partial charge in [0.15, 0.2) is 0 Å². The van der Waals surface area contributed by atoms with Gasteiger partial charge in [0.1, 0.15) is 6.54 Å². The number of oxime groups is 1. The molecule has 1 atom stereocenters. The molecule has 0 aromatic heterocycles. The molecule has 2 amide bonds. The fourth-order valence-electron chi connectivity index (χ4n) is 3.58. The number of hydrogen-bond acceptors (Lipinski definition) is 4. The molecule has 0 radical (unpaired) electrons. The third-order valence-corrected chi connectivity index (χ3v) is 5.62. The summed E-state index contributed by atoms with van der Waals surface area (Å²) in [4.78, 5) is 28.0. The van der Waals surface area contributed by atoms with E-state index in [1.54, 1.807) is 0 Å². The van der Waals surface area contributed by atoms with Crippen molar-refractivity contribution in [1.82, 2.24) is 10.6 Å². The maximum Gasteiger partial charge on any atom is 0.435 e. The van der Waals surface area contributed by atoms with Crippen molar-refractivity contribution in [3.63, 3.8) is 0 Å². The molecule has 0 aliphatic carbocycles. The highest BCUT2D eigenvalue weighted by Gasteiger charge is 2.63. The highest BCUT2D eigenvalue weighted by atomic mass is 19.4. The van der Waals surface area contributed by atoms with Crippen LogP contribution in [0.15, 0.2) is 47.6 Å². The number of nitrogens with zero attached hydrogens (tertiary/aromatic N) is 1. The van der Waals surface area contributed by atoms with Crippen LogP contribution in [0.5, 0.6) is 0 Å². The maximum atomic E-state index is 14.2. The molecule has 0 saturated heterocycles. The first-order chi connectivity index (χ1) is 18.6. The molecular formula is C23H15F12N3O3. The van der Waals surface area contributed by atoms with Gasteiger partial charge in [-0.25, -0.2) is 0 Å². The highest BCUT2D eigenvalue weighted by molar-refractivity contribution is 6.03. The normalized spacial score (nSPS) is 18.0. The summed E-state index contributed by atoms with van der Waals surface area (Å²) >= 11 is 0. The molecule has 0 bridgehead atoms. The fourth-order valence-corrected chi connectivity index (χ4v) is 3.58. The Hall–Kier alpha value is -3.99. The van der Waals surface area contributed by atoms with Crippen LogP contribution in [-0.4, -0.2) is 43.0 Å². The van der Waals surface area contributed by atoms with Gasteiger partial charge in [-0.3, -0.25) is 9.59 Å². The lowest BCUT2D eigenvalue weighted by atomic mass is 9.84. The van der Waals surface area contributed by atoms with Crippen molar-refractivity contribution in [2.45, 2.75) is 36.7 Å². The molecule has 2 aromatic rings.